The molecule has 11 nitrogen and oxygen atoms in total. The topological polar surface area (TPSA) is 144 Å². The number of esters is 1. The Labute approximate surface area is 292 Å². The third-order valence-electron chi connectivity index (χ3n) is 6.56. The fourth-order valence-corrected chi connectivity index (χ4v) is 4.06. The molecule has 14 heteroatoms. The number of alkyl carbamates (subject to hydrolysis) is 1. The van der Waals surface area contributed by atoms with Crippen molar-refractivity contribution >= 4 is 30.1 Å². The number of halogens is 3. The minimum absolute atomic E-state index is 0.0570. The van der Waals surface area contributed by atoms with Crippen LogP contribution >= 0.6 is 0 Å². The van der Waals surface area contributed by atoms with Gasteiger partial charge in [0.15, 0.2) is 0 Å². The number of nitrogens with zero attached hydrogens (tertiary/aromatic N) is 1. The predicted octanol–water partition coefficient (Wildman–Crippen LogP) is 6.43. The van der Waals surface area contributed by atoms with E-state index in [1.54, 1.807) is 53.8 Å². The molecule has 276 valence electrons. The molecule has 2 rings (SSSR count). The Morgan fingerprint density at radius 3 is 2.06 bits per heavy atom. The summed E-state index contributed by atoms with van der Waals surface area (Å²) in [6.45, 7) is 15.0. The van der Waals surface area contributed by atoms with Crippen LogP contribution in [0.4, 0.5) is 18.0 Å². The van der Waals surface area contributed by atoms with Gasteiger partial charge in [-0.1, -0.05) is 48.5 Å². The number of ether oxygens (including phenoxy) is 3. The van der Waals surface area contributed by atoms with Crippen LogP contribution in [0.1, 0.15) is 84.9 Å². The van der Waals surface area contributed by atoms with Crippen LogP contribution in [-0.4, -0.2) is 60.5 Å². The molecule has 50 heavy (non-hydrogen) atoms. The minimum atomic E-state index is -4.46. The highest BCUT2D eigenvalue weighted by atomic mass is 19.4. The van der Waals surface area contributed by atoms with Gasteiger partial charge in [0.2, 0.25) is 5.91 Å². The van der Waals surface area contributed by atoms with Crippen molar-refractivity contribution in [1.82, 2.24) is 16.0 Å². The normalized spacial score (nSPS) is 13.3. The maximum absolute atomic E-state index is 12.9. The number of amides is 3. The van der Waals surface area contributed by atoms with Gasteiger partial charge in [0.1, 0.15) is 23.0 Å². The van der Waals surface area contributed by atoms with Gasteiger partial charge in [0.25, 0.3) is 5.91 Å². The largest absolute Gasteiger partial charge is 0.466 e. The second-order valence-electron chi connectivity index (χ2n) is 12.4. The zero-order valence-electron chi connectivity index (χ0n) is 30.1. The number of rotatable bonds is 13. The van der Waals surface area contributed by atoms with Crippen molar-refractivity contribution in [3.05, 3.63) is 83.2 Å². The van der Waals surface area contributed by atoms with Gasteiger partial charge < -0.3 is 30.2 Å². The molecule has 0 spiro atoms. The van der Waals surface area contributed by atoms with Crippen molar-refractivity contribution in [3.63, 3.8) is 0 Å². The Balaban J connectivity index is 0.000000614. The molecular weight excluding hydrogens is 657 g/mol. The highest BCUT2D eigenvalue weighted by Gasteiger charge is 2.36. The molecule has 2 atom stereocenters. The van der Waals surface area contributed by atoms with Crippen molar-refractivity contribution in [1.29, 1.82) is 0 Å². The zero-order chi connectivity index (χ0) is 38.1. The minimum Gasteiger partial charge on any atom is -0.466 e. The van der Waals surface area contributed by atoms with Gasteiger partial charge in [-0.15, -0.1) is 0 Å². The van der Waals surface area contributed by atoms with E-state index in [0.717, 1.165) is 11.6 Å². The summed E-state index contributed by atoms with van der Waals surface area (Å²) >= 11 is 0. The average molecular weight is 707 g/mol. The Bertz CT molecular complexity index is 1470. The Morgan fingerprint density at radius 2 is 1.52 bits per heavy atom. The zero-order valence-corrected chi connectivity index (χ0v) is 30.1. The molecule has 0 heterocycles. The standard InChI is InChI=1S/C24H36N4O5.C12H13F3O2/c1-8-19(25-9-2)27-20(29)18(16-32-15-17-13-11-10-12-14-17)26-21(30)24(6,7)28-22(31)33-23(3,4)5;1-3-17-11(16)8(2)9-6-4-5-7-10(9)12(13,14)15/h8-14,18H,15-16H2,1-7H3,(H,26,30)(H,27,29)(H,28,31);4-8H,3H2,1-2H3/b19-8+,25-9-;. The van der Waals surface area contributed by atoms with Crippen LogP contribution in [0.5, 0.6) is 0 Å². The lowest BCUT2D eigenvalue weighted by Gasteiger charge is -2.29. The predicted molar refractivity (Wildman–Crippen MR) is 184 cm³/mol. The van der Waals surface area contributed by atoms with Crippen molar-refractivity contribution in [2.45, 2.75) is 98.2 Å². The van der Waals surface area contributed by atoms with Crippen molar-refractivity contribution < 1.29 is 46.6 Å². The number of benzene rings is 2. The first-order valence-corrected chi connectivity index (χ1v) is 16.0. The molecule has 0 aliphatic heterocycles. The first-order valence-electron chi connectivity index (χ1n) is 16.0. The first-order chi connectivity index (χ1) is 23.2. The van der Waals surface area contributed by atoms with Gasteiger partial charge in [0.05, 0.1) is 31.3 Å². The number of carbonyl (C=O) groups excluding carboxylic acids is 4. The fourth-order valence-electron chi connectivity index (χ4n) is 4.06. The van der Waals surface area contributed by atoms with E-state index in [2.05, 4.69) is 20.9 Å². The van der Waals surface area contributed by atoms with Gasteiger partial charge in [-0.3, -0.25) is 14.4 Å². The smallest absolute Gasteiger partial charge is 0.416 e. The van der Waals surface area contributed by atoms with E-state index in [1.807, 2.05) is 30.3 Å². The van der Waals surface area contributed by atoms with Crippen LogP contribution in [0.2, 0.25) is 0 Å². The van der Waals surface area contributed by atoms with E-state index in [0.29, 0.717) is 5.82 Å². The highest BCUT2D eigenvalue weighted by Crippen LogP contribution is 2.35. The van der Waals surface area contributed by atoms with Gasteiger partial charge in [-0.2, -0.15) is 13.2 Å². The summed E-state index contributed by atoms with van der Waals surface area (Å²) in [7, 11) is 0. The van der Waals surface area contributed by atoms with Crippen LogP contribution in [0.15, 0.2) is 71.5 Å². The number of hydrogen-bond acceptors (Lipinski definition) is 8. The fraction of sp³-hybridized carbons (Fsp3) is 0.472. The van der Waals surface area contributed by atoms with E-state index in [9.17, 15) is 32.3 Å². The maximum atomic E-state index is 12.9. The summed E-state index contributed by atoms with van der Waals surface area (Å²) in [5.41, 5.74) is -1.98. The molecule has 2 unspecified atom stereocenters. The monoisotopic (exact) mass is 706 g/mol. The van der Waals surface area contributed by atoms with E-state index in [4.69, 9.17) is 14.2 Å². The number of allylic oxidation sites excluding steroid dienone is 1. The molecule has 0 aliphatic rings. The van der Waals surface area contributed by atoms with Crippen molar-refractivity contribution in [3.8, 4) is 0 Å². The number of alkyl halides is 3. The Kier molecular flexibility index (Phi) is 17.4. The Hall–Kier alpha value is -4.72. The quantitative estimate of drug-likeness (QED) is 0.161. The van der Waals surface area contributed by atoms with Gasteiger partial charge >= 0.3 is 18.2 Å². The summed E-state index contributed by atoms with van der Waals surface area (Å²) in [6.07, 6.45) is -2.02. The first kappa shape index (κ1) is 43.3. The van der Waals surface area contributed by atoms with Crippen molar-refractivity contribution in [2.24, 2.45) is 4.99 Å². The van der Waals surface area contributed by atoms with Crippen LogP contribution < -0.4 is 16.0 Å². The van der Waals surface area contributed by atoms with Crippen LogP contribution in [-0.2, 0) is 41.4 Å². The molecule has 0 aromatic heterocycles. The molecule has 0 radical (unpaired) electrons. The second-order valence-corrected chi connectivity index (χ2v) is 12.4. The van der Waals surface area contributed by atoms with Gasteiger partial charge in [0, 0.05) is 6.21 Å². The lowest BCUT2D eigenvalue weighted by molar-refractivity contribution is -0.145. The number of aliphatic imine (C=N–C) groups is 1. The van der Waals surface area contributed by atoms with E-state index >= 15 is 0 Å². The molecule has 2 aromatic rings. The van der Waals surface area contributed by atoms with Crippen LogP contribution in [0.3, 0.4) is 0 Å². The number of carbonyl (C=O) groups is 4. The molecule has 0 aliphatic carbocycles. The molecule has 3 N–H and O–H groups in total. The van der Waals surface area contributed by atoms with Crippen LogP contribution in [0, 0.1) is 0 Å². The van der Waals surface area contributed by atoms with E-state index in [-0.39, 0.29) is 25.4 Å². The molecular formula is C36H49F3N4O7. The summed E-state index contributed by atoms with van der Waals surface area (Å²) in [4.78, 5) is 53.5. The summed E-state index contributed by atoms with van der Waals surface area (Å²) in [6, 6.07) is 13.5. The summed E-state index contributed by atoms with van der Waals surface area (Å²) < 4.78 is 53.8. The summed E-state index contributed by atoms with van der Waals surface area (Å²) in [5.74, 6) is -2.30. The van der Waals surface area contributed by atoms with Crippen LogP contribution in [0.25, 0.3) is 0 Å². The Morgan fingerprint density at radius 1 is 0.920 bits per heavy atom. The van der Waals surface area contributed by atoms with E-state index in [1.165, 1.54) is 39.0 Å². The molecule has 2 aromatic carbocycles. The second kappa shape index (κ2) is 20.1. The SMILES string of the molecule is C/C=N\C(=C/C)NC(=O)C(COCc1ccccc1)NC(=O)C(C)(C)NC(=O)OC(C)(C)C.CCOC(=O)C(C)c1ccccc1C(F)(F)F. The summed E-state index contributed by atoms with van der Waals surface area (Å²) in [5, 5.41) is 7.85. The lowest BCUT2D eigenvalue weighted by atomic mass is 9.95. The van der Waals surface area contributed by atoms with E-state index < -0.39 is 58.7 Å². The lowest BCUT2D eigenvalue weighted by Crippen LogP contribution is -2.60. The van der Waals surface area contributed by atoms with Gasteiger partial charge in [-0.25, -0.2) is 9.79 Å². The molecule has 0 bridgehead atoms. The molecule has 0 saturated heterocycles. The number of hydrogen-bond donors (Lipinski definition) is 3. The molecule has 3 amide bonds. The van der Waals surface area contributed by atoms with Gasteiger partial charge in [-0.05, 0) is 85.6 Å². The highest BCUT2D eigenvalue weighted by molar-refractivity contribution is 5.94. The maximum Gasteiger partial charge on any atom is 0.416 e. The third kappa shape index (κ3) is 15.7. The average Bonchev–Trinajstić information content (AvgIpc) is 3.02. The molecule has 0 saturated carbocycles. The molecule has 0 fully saturated rings. The third-order valence-corrected chi connectivity index (χ3v) is 6.56. The number of nitrogens with one attached hydrogen (secondary N) is 3. The van der Waals surface area contributed by atoms with Crippen molar-refractivity contribution in [2.75, 3.05) is 13.2 Å².